The first-order valence-corrected chi connectivity index (χ1v) is 9.25. The Morgan fingerprint density at radius 3 is 2.48 bits per heavy atom. The lowest BCUT2D eigenvalue weighted by Gasteiger charge is -2.12. The van der Waals surface area contributed by atoms with Gasteiger partial charge in [0.25, 0.3) is 0 Å². The molecule has 5 heteroatoms. The van der Waals surface area contributed by atoms with Gasteiger partial charge < -0.3 is 5.73 Å². The first-order valence-electron chi connectivity index (χ1n) is 7.76. The Hall–Kier alpha value is -1.07. The third kappa shape index (κ3) is 4.20. The fourth-order valence-corrected chi connectivity index (χ4v) is 4.29. The van der Waals surface area contributed by atoms with Crippen LogP contribution in [0, 0.1) is 19.8 Å². The van der Waals surface area contributed by atoms with Crippen LogP contribution in [0.1, 0.15) is 49.7 Å². The van der Waals surface area contributed by atoms with Gasteiger partial charge in [-0.25, -0.2) is 13.1 Å². The average Bonchev–Trinajstić information content (AvgIpc) is 2.92. The maximum atomic E-state index is 12.3. The molecule has 1 aliphatic rings. The number of anilines is 1. The molecule has 0 atom stereocenters. The number of aryl methyl sites for hydroxylation is 2. The van der Waals surface area contributed by atoms with Crippen molar-refractivity contribution in [1.82, 2.24) is 4.72 Å². The van der Waals surface area contributed by atoms with Crippen LogP contribution >= 0.6 is 0 Å². The highest BCUT2D eigenvalue weighted by atomic mass is 32.2. The fraction of sp³-hybridized carbons (Fsp3) is 0.625. The second kappa shape index (κ2) is 6.79. The van der Waals surface area contributed by atoms with Crippen molar-refractivity contribution >= 4 is 15.7 Å². The standard InChI is InChI=1S/C16H26N2O2S/c1-12-10-15(17)16(11-13(12)2)21(19,20)18-9-5-8-14-6-3-4-7-14/h10-11,14,18H,3-9,17H2,1-2H3. The Labute approximate surface area is 128 Å². The molecule has 118 valence electrons. The van der Waals surface area contributed by atoms with E-state index in [2.05, 4.69) is 4.72 Å². The van der Waals surface area contributed by atoms with E-state index in [0.717, 1.165) is 29.9 Å². The topological polar surface area (TPSA) is 72.2 Å². The van der Waals surface area contributed by atoms with Crippen LogP contribution in [0.2, 0.25) is 0 Å². The molecular formula is C16H26N2O2S. The molecule has 1 aromatic rings. The molecule has 1 fully saturated rings. The zero-order valence-corrected chi connectivity index (χ0v) is 13.8. The van der Waals surface area contributed by atoms with Gasteiger partial charge in [0, 0.05) is 6.54 Å². The number of hydrogen-bond donors (Lipinski definition) is 2. The Balaban J connectivity index is 1.93. The fourth-order valence-electron chi connectivity index (χ4n) is 3.02. The zero-order chi connectivity index (χ0) is 15.5. The van der Waals surface area contributed by atoms with Gasteiger partial charge in [-0.05, 0) is 55.9 Å². The number of nitrogen functional groups attached to an aromatic ring is 1. The van der Waals surface area contributed by atoms with Crippen molar-refractivity contribution in [2.75, 3.05) is 12.3 Å². The minimum Gasteiger partial charge on any atom is -0.398 e. The van der Waals surface area contributed by atoms with E-state index in [1.807, 2.05) is 13.8 Å². The number of sulfonamides is 1. The quantitative estimate of drug-likeness (QED) is 0.626. The summed E-state index contributed by atoms with van der Waals surface area (Å²) >= 11 is 0. The van der Waals surface area contributed by atoms with E-state index in [-0.39, 0.29) is 4.90 Å². The van der Waals surface area contributed by atoms with Gasteiger partial charge in [0.2, 0.25) is 10.0 Å². The van der Waals surface area contributed by atoms with Crippen LogP contribution in [0.25, 0.3) is 0 Å². The molecule has 1 aromatic carbocycles. The molecule has 0 spiro atoms. The van der Waals surface area contributed by atoms with Crippen LogP contribution in [0.4, 0.5) is 5.69 Å². The van der Waals surface area contributed by atoms with Gasteiger partial charge in [-0.3, -0.25) is 0 Å². The van der Waals surface area contributed by atoms with E-state index >= 15 is 0 Å². The van der Waals surface area contributed by atoms with Crippen LogP contribution in [0.15, 0.2) is 17.0 Å². The average molecular weight is 310 g/mol. The monoisotopic (exact) mass is 310 g/mol. The minimum absolute atomic E-state index is 0.200. The Bertz CT molecular complexity index is 591. The third-order valence-electron chi connectivity index (χ3n) is 4.47. The van der Waals surface area contributed by atoms with E-state index in [1.54, 1.807) is 12.1 Å². The SMILES string of the molecule is Cc1cc(N)c(S(=O)(=O)NCCCC2CCCC2)cc1C. The summed E-state index contributed by atoms with van der Waals surface area (Å²) in [5.41, 5.74) is 8.13. The summed E-state index contributed by atoms with van der Waals surface area (Å²) in [6, 6.07) is 3.38. The number of hydrogen-bond acceptors (Lipinski definition) is 3. The molecule has 0 saturated heterocycles. The summed E-state index contributed by atoms with van der Waals surface area (Å²) < 4.78 is 27.3. The van der Waals surface area contributed by atoms with Crippen molar-refractivity contribution < 1.29 is 8.42 Å². The summed E-state index contributed by atoms with van der Waals surface area (Å²) in [4.78, 5) is 0.200. The molecule has 1 saturated carbocycles. The van der Waals surface area contributed by atoms with Crippen molar-refractivity contribution in [2.24, 2.45) is 5.92 Å². The molecule has 0 unspecified atom stereocenters. The summed E-state index contributed by atoms with van der Waals surface area (Å²) in [7, 11) is -3.50. The van der Waals surface area contributed by atoms with Crippen molar-refractivity contribution in [3.05, 3.63) is 23.3 Å². The number of benzene rings is 1. The molecule has 3 N–H and O–H groups in total. The van der Waals surface area contributed by atoms with Gasteiger partial charge in [-0.15, -0.1) is 0 Å². The number of nitrogens with one attached hydrogen (secondary N) is 1. The second-order valence-electron chi connectivity index (χ2n) is 6.16. The highest BCUT2D eigenvalue weighted by Gasteiger charge is 2.19. The maximum Gasteiger partial charge on any atom is 0.242 e. The van der Waals surface area contributed by atoms with Crippen molar-refractivity contribution in [1.29, 1.82) is 0 Å². The summed E-state index contributed by atoms with van der Waals surface area (Å²) in [6.45, 7) is 4.32. The van der Waals surface area contributed by atoms with E-state index in [0.29, 0.717) is 12.2 Å². The van der Waals surface area contributed by atoms with Crippen molar-refractivity contribution in [3.8, 4) is 0 Å². The van der Waals surface area contributed by atoms with Gasteiger partial charge in [0.15, 0.2) is 0 Å². The van der Waals surface area contributed by atoms with Gasteiger partial charge in [-0.2, -0.15) is 0 Å². The highest BCUT2D eigenvalue weighted by Crippen LogP contribution is 2.28. The van der Waals surface area contributed by atoms with Crippen LogP contribution in [-0.2, 0) is 10.0 Å². The maximum absolute atomic E-state index is 12.3. The molecule has 0 heterocycles. The largest absolute Gasteiger partial charge is 0.398 e. The van der Waals surface area contributed by atoms with Gasteiger partial charge in [0.05, 0.1) is 5.69 Å². The van der Waals surface area contributed by atoms with Crippen molar-refractivity contribution in [2.45, 2.75) is 57.3 Å². The first kappa shape index (κ1) is 16.3. The predicted molar refractivity (Wildman–Crippen MR) is 86.7 cm³/mol. The minimum atomic E-state index is -3.50. The predicted octanol–water partition coefficient (Wildman–Crippen LogP) is 3.13. The van der Waals surface area contributed by atoms with E-state index in [9.17, 15) is 8.42 Å². The number of rotatable bonds is 6. The molecule has 0 aromatic heterocycles. The zero-order valence-electron chi connectivity index (χ0n) is 13.0. The lowest BCUT2D eigenvalue weighted by molar-refractivity contribution is 0.480. The molecule has 2 rings (SSSR count). The van der Waals surface area contributed by atoms with Crippen LogP contribution < -0.4 is 10.5 Å². The summed E-state index contributed by atoms with van der Waals surface area (Å²) in [6.07, 6.45) is 7.28. The summed E-state index contributed by atoms with van der Waals surface area (Å²) in [5, 5.41) is 0. The lowest BCUT2D eigenvalue weighted by atomic mass is 10.0. The molecule has 1 aliphatic carbocycles. The van der Waals surface area contributed by atoms with Crippen LogP contribution in [0.3, 0.4) is 0 Å². The van der Waals surface area contributed by atoms with Gasteiger partial charge in [0.1, 0.15) is 4.90 Å². The normalized spacial score (nSPS) is 16.5. The van der Waals surface area contributed by atoms with Gasteiger partial charge >= 0.3 is 0 Å². The van der Waals surface area contributed by atoms with E-state index < -0.39 is 10.0 Å². The highest BCUT2D eigenvalue weighted by molar-refractivity contribution is 7.89. The molecule has 0 bridgehead atoms. The molecule has 0 radical (unpaired) electrons. The first-order chi connectivity index (χ1) is 9.90. The Kier molecular flexibility index (Phi) is 5.27. The Morgan fingerprint density at radius 2 is 1.81 bits per heavy atom. The third-order valence-corrected chi connectivity index (χ3v) is 5.99. The molecule has 0 amide bonds. The smallest absolute Gasteiger partial charge is 0.242 e. The Morgan fingerprint density at radius 1 is 1.19 bits per heavy atom. The molecule has 4 nitrogen and oxygen atoms in total. The lowest BCUT2D eigenvalue weighted by Crippen LogP contribution is -2.26. The molecule has 21 heavy (non-hydrogen) atoms. The van der Waals surface area contributed by atoms with E-state index in [4.69, 9.17) is 5.73 Å². The van der Waals surface area contributed by atoms with Crippen LogP contribution in [0.5, 0.6) is 0 Å². The van der Waals surface area contributed by atoms with Crippen LogP contribution in [-0.4, -0.2) is 15.0 Å². The van der Waals surface area contributed by atoms with E-state index in [1.165, 1.54) is 25.7 Å². The number of nitrogens with two attached hydrogens (primary N) is 1. The summed E-state index contributed by atoms with van der Waals surface area (Å²) in [5.74, 6) is 0.793. The second-order valence-corrected chi connectivity index (χ2v) is 7.90. The molecular weight excluding hydrogens is 284 g/mol. The van der Waals surface area contributed by atoms with Gasteiger partial charge in [-0.1, -0.05) is 25.7 Å². The molecule has 0 aliphatic heterocycles. The van der Waals surface area contributed by atoms with Crippen molar-refractivity contribution in [3.63, 3.8) is 0 Å².